The van der Waals surface area contributed by atoms with Crippen molar-refractivity contribution in [3.63, 3.8) is 0 Å². The number of amides is 1. The second-order valence-corrected chi connectivity index (χ2v) is 7.88. The first kappa shape index (κ1) is 18.9. The number of anilines is 1. The van der Waals surface area contributed by atoms with Crippen molar-refractivity contribution in [2.24, 2.45) is 0 Å². The lowest BCUT2D eigenvalue weighted by atomic mass is 10.0. The molecule has 0 spiro atoms. The molecular weight excluding hydrogens is 390 g/mol. The van der Waals surface area contributed by atoms with E-state index in [1.54, 1.807) is 0 Å². The van der Waals surface area contributed by atoms with Crippen LogP contribution in [0.25, 0.3) is 0 Å². The monoisotopic (exact) mass is 415 g/mol. The number of likely N-dealkylation sites (tertiary alicyclic amines) is 1. The van der Waals surface area contributed by atoms with E-state index in [0.717, 1.165) is 17.6 Å². The summed E-state index contributed by atoms with van der Waals surface area (Å²) in [6, 6.07) is 16.4. The van der Waals surface area contributed by atoms with Crippen molar-refractivity contribution >= 4 is 27.5 Å². The summed E-state index contributed by atoms with van der Waals surface area (Å²) in [5, 5.41) is 3.13. The Morgan fingerprint density at radius 1 is 1.15 bits per heavy atom. The first-order valence-corrected chi connectivity index (χ1v) is 9.89. The largest absolute Gasteiger partial charge is 0.378 e. The van der Waals surface area contributed by atoms with Crippen molar-refractivity contribution in [2.75, 3.05) is 38.6 Å². The maximum Gasteiger partial charge on any atom is 0.251 e. The van der Waals surface area contributed by atoms with Crippen molar-refractivity contribution in [1.29, 1.82) is 0 Å². The quantitative estimate of drug-likeness (QED) is 0.771. The molecule has 1 aliphatic rings. The molecule has 0 unspecified atom stereocenters. The van der Waals surface area contributed by atoms with Crippen LogP contribution in [0.5, 0.6) is 0 Å². The minimum absolute atomic E-state index is 0.0274. The summed E-state index contributed by atoms with van der Waals surface area (Å²) in [5.74, 6) is -0.0274. The molecule has 138 valence electrons. The van der Waals surface area contributed by atoms with Crippen molar-refractivity contribution in [3.8, 4) is 0 Å². The summed E-state index contributed by atoms with van der Waals surface area (Å²) >= 11 is 3.43. The average Bonchev–Trinajstić information content (AvgIpc) is 3.16. The minimum Gasteiger partial charge on any atom is -0.378 e. The lowest BCUT2D eigenvalue weighted by molar-refractivity contribution is 0.0938. The number of nitrogens with zero attached hydrogens (tertiary/aromatic N) is 2. The SMILES string of the molecule is CN(C)c1ccc([C@@H](CNC(=O)c2cccc(Br)c2)N2CCCC2)cc1. The number of rotatable bonds is 6. The Morgan fingerprint density at radius 2 is 1.85 bits per heavy atom. The van der Waals surface area contributed by atoms with Crippen LogP contribution in [0.2, 0.25) is 0 Å². The van der Waals surface area contributed by atoms with Crippen LogP contribution in [0.4, 0.5) is 5.69 Å². The number of carbonyl (C=O) groups is 1. The third-order valence-corrected chi connectivity index (χ3v) is 5.41. The maximum absolute atomic E-state index is 12.5. The zero-order valence-corrected chi connectivity index (χ0v) is 17.0. The van der Waals surface area contributed by atoms with Crippen LogP contribution in [-0.4, -0.2) is 44.5 Å². The molecule has 2 aromatic rings. The van der Waals surface area contributed by atoms with Crippen molar-refractivity contribution in [1.82, 2.24) is 10.2 Å². The Kier molecular flexibility index (Phi) is 6.33. The zero-order valence-electron chi connectivity index (χ0n) is 15.4. The third kappa shape index (κ3) is 4.65. The maximum atomic E-state index is 12.5. The molecule has 1 amide bonds. The van der Waals surface area contributed by atoms with E-state index in [-0.39, 0.29) is 11.9 Å². The third-order valence-electron chi connectivity index (χ3n) is 4.92. The van der Waals surface area contributed by atoms with Gasteiger partial charge in [-0.25, -0.2) is 0 Å². The molecule has 1 N–H and O–H groups in total. The van der Waals surface area contributed by atoms with E-state index in [9.17, 15) is 4.79 Å². The first-order chi connectivity index (χ1) is 12.5. The van der Waals surface area contributed by atoms with E-state index >= 15 is 0 Å². The summed E-state index contributed by atoms with van der Waals surface area (Å²) in [6.45, 7) is 2.80. The van der Waals surface area contributed by atoms with Gasteiger partial charge in [0.05, 0.1) is 6.04 Å². The van der Waals surface area contributed by atoms with Crippen molar-refractivity contribution < 1.29 is 4.79 Å². The summed E-state index contributed by atoms with van der Waals surface area (Å²) in [5.41, 5.74) is 3.13. The van der Waals surface area contributed by atoms with Gasteiger partial charge in [0.15, 0.2) is 0 Å². The molecule has 0 aromatic heterocycles. The fraction of sp³-hybridized carbons (Fsp3) is 0.381. The normalized spacial score (nSPS) is 15.7. The van der Waals surface area contributed by atoms with E-state index in [1.807, 2.05) is 38.4 Å². The lowest BCUT2D eigenvalue weighted by Gasteiger charge is -2.28. The molecule has 1 saturated heterocycles. The molecule has 0 radical (unpaired) electrons. The van der Waals surface area contributed by atoms with Gasteiger partial charge in [0, 0.05) is 36.4 Å². The Balaban J connectivity index is 1.73. The standard InChI is InChI=1S/C21H26BrN3O/c1-24(2)19-10-8-16(9-11-19)20(25-12-3-4-13-25)15-23-21(26)17-6-5-7-18(22)14-17/h5-11,14,20H,3-4,12-13,15H2,1-2H3,(H,23,26)/t20-/m1/s1. The smallest absolute Gasteiger partial charge is 0.251 e. The topological polar surface area (TPSA) is 35.6 Å². The Hall–Kier alpha value is -1.85. The highest BCUT2D eigenvalue weighted by atomic mass is 79.9. The lowest BCUT2D eigenvalue weighted by Crippen LogP contribution is -2.36. The Morgan fingerprint density at radius 3 is 2.46 bits per heavy atom. The molecule has 1 aliphatic heterocycles. The van der Waals surface area contributed by atoms with E-state index < -0.39 is 0 Å². The summed E-state index contributed by atoms with van der Waals surface area (Å²) in [4.78, 5) is 17.1. The van der Waals surface area contributed by atoms with E-state index in [4.69, 9.17) is 0 Å². The molecule has 3 rings (SSSR count). The number of halogens is 1. The summed E-state index contributed by atoms with van der Waals surface area (Å²) in [7, 11) is 4.09. The van der Waals surface area contributed by atoms with Gasteiger partial charge in [-0.1, -0.05) is 34.1 Å². The minimum atomic E-state index is -0.0274. The number of hydrogen-bond donors (Lipinski definition) is 1. The second-order valence-electron chi connectivity index (χ2n) is 6.97. The van der Waals surface area contributed by atoms with Gasteiger partial charge in [0.25, 0.3) is 5.91 Å². The highest BCUT2D eigenvalue weighted by molar-refractivity contribution is 9.10. The molecule has 1 atom stereocenters. The van der Waals surface area contributed by atoms with Gasteiger partial charge in [0.2, 0.25) is 0 Å². The van der Waals surface area contributed by atoms with Crippen molar-refractivity contribution in [2.45, 2.75) is 18.9 Å². The second kappa shape index (κ2) is 8.69. The molecule has 2 aromatic carbocycles. The highest BCUT2D eigenvalue weighted by Crippen LogP contribution is 2.26. The van der Waals surface area contributed by atoms with Crippen LogP contribution < -0.4 is 10.2 Å². The molecule has 0 bridgehead atoms. The van der Waals surface area contributed by atoms with Gasteiger partial charge in [0.1, 0.15) is 0 Å². The molecular formula is C21H26BrN3O. The van der Waals surface area contributed by atoms with Crippen molar-refractivity contribution in [3.05, 3.63) is 64.1 Å². The first-order valence-electron chi connectivity index (χ1n) is 9.10. The van der Waals surface area contributed by atoms with Crippen LogP contribution in [0.1, 0.15) is 34.8 Å². The predicted molar refractivity (Wildman–Crippen MR) is 111 cm³/mol. The molecule has 0 saturated carbocycles. The number of carbonyl (C=O) groups excluding carboxylic acids is 1. The fourth-order valence-corrected chi connectivity index (χ4v) is 3.83. The van der Waals surface area contributed by atoms with Crippen LogP contribution in [0, 0.1) is 0 Å². The van der Waals surface area contributed by atoms with Gasteiger partial charge in [-0.2, -0.15) is 0 Å². The molecule has 5 heteroatoms. The fourth-order valence-electron chi connectivity index (χ4n) is 3.43. The zero-order chi connectivity index (χ0) is 18.5. The molecule has 26 heavy (non-hydrogen) atoms. The van der Waals surface area contributed by atoms with Gasteiger partial charge in [-0.3, -0.25) is 9.69 Å². The molecule has 1 fully saturated rings. The number of hydrogen-bond acceptors (Lipinski definition) is 3. The molecule has 1 heterocycles. The average molecular weight is 416 g/mol. The van der Waals surface area contributed by atoms with Gasteiger partial charge < -0.3 is 10.2 Å². The van der Waals surface area contributed by atoms with Crippen LogP contribution in [-0.2, 0) is 0 Å². The summed E-state index contributed by atoms with van der Waals surface area (Å²) in [6.07, 6.45) is 2.46. The van der Waals surface area contributed by atoms with Gasteiger partial charge in [-0.15, -0.1) is 0 Å². The number of benzene rings is 2. The van der Waals surface area contributed by atoms with E-state index in [0.29, 0.717) is 12.1 Å². The Bertz CT molecular complexity index is 739. The molecule has 4 nitrogen and oxygen atoms in total. The van der Waals surface area contributed by atoms with Crippen LogP contribution in [0.3, 0.4) is 0 Å². The highest BCUT2D eigenvalue weighted by Gasteiger charge is 2.24. The predicted octanol–water partition coefficient (Wildman–Crippen LogP) is 4.08. The van der Waals surface area contributed by atoms with Crippen LogP contribution >= 0.6 is 15.9 Å². The molecule has 0 aliphatic carbocycles. The van der Waals surface area contributed by atoms with Crippen LogP contribution in [0.15, 0.2) is 53.0 Å². The van der Waals surface area contributed by atoms with E-state index in [2.05, 4.69) is 55.3 Å². The van der Waals surface area contributed by atoms with E-state index in [1.165, 1.54) is 24.1 Å². The van der Waals surface area contributed by atoms with Gasteiger partial charge >= 0.3 is 0 Å². The van der Waals surface area contributed by atoms with Gasteiger partial charge in [-0.05, 0) is 61.8 Å². The summed E-state index contributed by atoms with van der Waals surface area (Å²) < 4.78 is 0.917. The Labute approximate surface area is 164 Å². The number of nitrogens with one attached hydrogen (secondary N) is 1.